The van der Waals surface area contributed by atoms with Gasteiger partial charge in [0.1, 0.15) is 18.5 Å². The van der Waals surface area contributed by atoms with Crippen molar-refractivity contribution in [3.05, 3.63) is 59.8 Å². The average molecular weight is 526 g/mol. The van der Waals surface area contributed by atoms with Gasteiger partial charge in [0, 0.05) is 34.3 Å². The predicted octanol–water partition coefficient (Wildman–Crippen LogP) is -0.984. The minimum absolute atomic E-state index is 0.0400. The van der Waals surface area contributed by atoms with Crippen LogP contribution in [0.2, 0.25) is 0 Å². The van der Waals surface area contributed by atoms with E-state index in [4.69, 9.17) is 10.6 Å². The van der Waals surface area contributed by atoms with Crippen molar-refractivity contribution in [3.8, 4) is 0 Å². The number of nitrogens with two attached hydrogens (primary N) is 1. The van der Waals surface area contributed by atoms with Gasteiger partial charge in [-0.2, -0.15) is 9.36 Å². The SMILES string of the molecule is CO/N=C(\C(=O)NC1C(=O)N2C(C(=O)[O-])=C(C[n+]3ccc4ccccc4c3)CS[C@H]12)c1nsc(N)n1. The standard InChI is InChI=1S/C22H19N7O5S2/c1-34-26-14(17-25-22(23)36-27-17)18(30)24-15-19(31)29-16(21(32)33)13(10-35-20(15)29)9-28-7-6-11-4-2-3-5-12(11)8-28/h2-8,15,20H,9-10H2,1H3,(H3-,23,24,25,27,30,32,33)/b26-14-/t15?,20-/m1/s1. The van der Waals surface area contributed by atoms with Gasteiger partial charge in [-0.15, -0.1) is 11.8 Å². The highest BCUT2D eigenvalue weighted by Gasteiger charge is 2.53. The molecule has 2 amide bonds. The number of anilines is 1. The Hall–Kier alpha value is -4.04. The Kier molecular flexibility index (Phi) is 6.28. The maximum absolute atomic E-state index is 13.0. The zero-order chi connectivity index (χ0) is 25.4. The molecule has 2 aromatic heterocycles. The van der Waals surface area contributed by atoms with E-state index in [1.54, 1.807) is 0 Å². The smallest absolute Gasteiger partial charge is 0.278 e. The van der Waals surface area contributed by atoms with Crippen molar-refractivity contribution in [1.29, 1.82) is 0 Å². The van der Waals surface area contributed by atoms with E-state index in [1.165, 1.54) is 18.9 Å². The first kappa shape index (κ1) is 23.7. The van der Waals surface area contributed by atoms with Crippen molar-refractivity contribution in [2.75, 3.05) is 18.6 Å². The Balaban J connectivity index is 1.36. The fourth-order valence-corrected chi connectivity index (χ4v) is 5.88. The number of carboxylic acids is 1. The first-order chi connectivity index (χ1) is 17.4. The molecule has 14 heteroatoms. The van der Waals surface area contributed by atoms with Crippen LogP contribution in [0.15, 0.2) is 59.2 Å². The molecule has 0 radical (unpaired) electrons. The number of thioether (sulfide) groups is 1. The van der Waals surface area contributed by atoms with E-state index in [0.29, 0.717) is 11.3 Å². The third-order valence-electron chi connectivity index (χ3n) is 5.70. The number of benzene rings is 1. The summed E-state index contributed by atoms with van der Waals surface area (Å²) < 4.78 is 5.82. The fraction of sp³-hybridized carbons (Fsp3) is 0.227. The molecule has 2 aliphatic heterocycles. The summed E-state index contributed by atoms with van der Waals surface area (Å²) in [5.74, 6) is -2.46. The van der Waals surface area contributed by atoms with Crippen LogP contribution in [-0.2, 0) is 25.8 Å². The van der Waals surface area contributed by atoms with Crippen LogP contribution in [0.3, 0.4) is 0 Å². The van der Waals surface area contributed by atoms with Gasteiger partial charge in [-0.25, -0.2) is 4.57 Å². The van der Waals surface area contributed by atoms with Crippen molar-refractivity contribution in [2.24, 2.45) is 5.16 Å². The van der Waals surface area contributed by atoms with E-state index in [-0.39, 0.29) is 28.9 Å². The number of amides is 2. The number of carboxylic acid groups (broad SMARTS) is 1. The number of carbonyl (C=O) groups excluding carboxylic acids is 3. The first-order valence-corrected chi connectivity index (χ1v) is 12.5. The van der Waals surface area contributed by atoms with Crippen LogP contribution in [0.4, 0.5) is 5.13 Å². The number of nitrogens with zero attached hydrogens (tertiary/aromatic N) is 5. The lowest BCUT2D eigenvalue weighted by Gasteiger charge is -2.50. The van der Waals surface area contributed by atoms with Crippen molar-refractivity contribution in [3.63, 3.8) is 0 Å². The van der Waals surface area contributed by atoms with E-state index < -0.39 is 29.2 Å². The maximum Gasteiger partial charge on any atom is 0.278 e. The van der Waals surface area contributed by atoms with Gasteiger partial charge in [-0.3, -0.25) is 14.5 Å². The zero-order valence-electron chi connectivity index (χ0n) is 18.8. The number of nitrogens with one attached hydrogen (secondary N) is 1. The summed E-state index contributed by atoms with van der Waals surface area (Å²) in [6, 6.07) is 8.80. The minimum Gasteiger partial charge on any atom is -0.543 e. The zero-order valence-corrected chi connectivity index (χ0v) is 20.4. The topological polar surface area (TPSA) is 167 Å². The van der Waals surface area contributed by atoms with Crippen LogP contribution < -0.4 is 20.7 Å². The molecule has 184 valence electrons. The molecular formula is C22H19N7O5S2. The summed E-state index contributed by atoms with van der Waals surface area (Å²) in [5.41, 5.74) is 5.70. The van der Waals surface area contributed by atoms with Gasteiger partial charge in [-0.1, -0.05) is 23.4 Å². The van der Waals surface area contributed by atoms with Gasteiger partial charge in [-0.05, 0) is 11.5 Å². The quantitative estimate of drug-likeness (QED) is 0.170. The molecule has 36 heavy (non-hydrogen) atoms. The summed E-state index contributed by atoms with van der Waals surface area (Å²) in [7, 11) is 1.25. The Morgan fingerprint density at radius 3 is 2.81 bits per heavy atom. The molecular weight excluding hydrogens is 506 g/mol. The second-order valence-electron chi connectivity index (χ2n) is 7.93. The van der Waals surface area contributed by atoms with Crippen LogP contribution >= 0.6 is 23.3 Å². The van der Waals surface area contributed by atoms with Crippen molar-refractivity contribution >= 4 is 62.7 Å². The summed E-state index contributed by atoms with van der Waals surface area (Å²) in [5, 5.41) is 19.9. The molecule has 1 aromatic carbocycles. The molecule has 12 nitrogen and oxygen atoms in total. The molecule has 4 heterocycles. The van der Waals surface area contributed by atoms with Gasteiger partial charge in [0.2, 0.25) is 11.5 Å². The average Bonchev–Trinajstić information content (AvgIpc) is 3.30. The Morgan fingerprint density at radius 1 is 1.33 bits per heavy atom. The van der Waals surface area contributed by atoms with E-state index in [2.05, 4.69) is 19.8 Å². The molecule has 0 bridgehead atoms. The number of hydrogen-bond donors (Lipinski definition) is 2. The van der Waals surface area contributed by atoms with Crippen molar-refractivity contribution < 1.29 is 28.9 Å². The molecule has 0 saturated carbocycles. The fourth-order valence-electron chi connectivity index (χ4n) is 4.11. The number of nitrogen functional groups attached to an aromatic ring is 1. The molecule has 3 N–H and O–H groups in total. The number of β-lactam (4-membered cyclic amide) rings is 1. The molecule has 5 rings (SSSR count). The van der Waals surface area contributed by atoms with Crippen LogP contribution in [0.5, 0.6) is 0 Å². The summed E-state index contributed by atoms with van der Waals surface area (Å²) in [4.78, 5) is 47.7. The van der Waals surface area contributed by atoms with Crippen LogP contribution in [0.25, 0.3) is 10.8 Å². The van der Waals surface area contributed by atoms with Gasteiger partial charge in [0.05, 0.1) is 11.7 Å². The monoisotopic (exact) mass is 525 g/mol. The summed E-state index contributed by atoms with van der Waals surface area (Å²) >= 11 is 2.23. The highest BCUT2D eigenvalue weighted by atomic mass is 32.2. The van der Waals surface area contributed by atoms with Gasteiger partial charge < -0.3 is 25.8 Å². The lowest BCUT2D eigenvalue weighted by molar-refractivity contribution is -0.687. The summed E-state index contributed by atoms with van der Waals surface area (Å²) in [6.07, 6.45) is 3.78. The largest absolute Gasteiger partial charge is 0.543 e. The Labute approximate surface area is 212 Å². The molecule has 3 aromatic rings. The third-order valence-corrected chi connectivity index (χ3v) is 7.58. The molecule has 1 saturated heterocycles. The molecule has 2 atom stereocenters. The molecule has 0 aliphatic carbocycles. The van der Waals surface area contributed by atoms with Crippen LogP contribution in [0.1, 0.15) is 5.82 Å². The number of carbonyl (C=O) groups is 3. The number of aromatic nitrogens is 3. The normalized spacial score (nSPS) is 19.6. The number of aliphatic carboxylic acids is 1. The van der Waals surface area contributed by atoms with E-state index in [0.717, 1.165) is 27.2 Å². The van der Waals surface area contributed by atoms with Gasteiger partial charge in [0.25, 0.3) is 11.8 Å². The second kappa shape index (κ2) is 9.54. The van der Waals surface area contributed by atoms with E-state index in [1.807, 2.05) is 47.3 Å². The van der Waals surface area contributed by atoms with Gasteiger partial charge >= 0.3 is 0 Å². The van der Waals surface area contributed by atoms with Crippen molar-refractivity contribution in [1.82, 2.24) is 19.6 Å². The van der Waals surface area contributed by atoms with E-state index in [9.17, 15) is 19.5 Å². The predicted molar refractivity (Wildman–Crippen MR) is 129 cm³/mol. The van der Waals surface area contributed by atoms with Crippen molar-refractivity contribution in [2.45, 2.75) is 18.0 Å². The second-order valence-corrected chi connectivity index (χ2v) is 9.81. The van der Waals surface area contributed by atoms with Crippen LogP contribution in [-0.4, -0.2) is 62.0 Å². The highest BCUT2D eigenvalue weighted by molar-refractivity contribution is 8.00. The Bertz CT molecular complexity index is 1450. The highest BCUT2D eigenvalue weighted by Crippen LogP contribution is 2.40. The van der Waals surface area contributed by atoms with Crippen LogP contribution in [0, 0.1) is 0 Å². The van der Waals surface area contributed by atoms with E-state index >= 15 is 0 Å². The Morgan fingerprint density at radius 2 is 2.11 bits per heavy atom. The third kappa shape index (κ3) is 4.24. The first-order valence-electron chi connectivity index (χ1n) is 10.6. The minimum atomic E-state index is -1.45. The molecule has 1 fully saturated rings. The molecule has 0 spiro atoms. The van der Waals surface area contributed by atoms with Gasteiger partial charge in [0.15, 0.2) is 24.1 Å². The molecule has 2 aliphatic rings. The lowest BCUT2D eigenvalue weighted by Crippen LogP contribution is -2.71. The lowest BCUT2D eigenvalue weighted by atomic mass is 10.0. The summed E-state index contributed by atoms with van der Waals surface area (Å²) in [6.45, 7) is 0.274. The number of fused-ring (bicyclic) bond motifs is 2. The maximum atomic E-state index is 13.0. The number of hydrogen-bond acceptors (Lipinski definition) is 11. The number of oxime groups is 1. The number of rotatable bonds is 7. The number of pyridine rings is 1. The molecule has 1 unspecified atom stereocenters.